The van der Waals surface area contributed by atoms with Crippen molar-refractivity contribution in [3.8, 4) is 0 Å². The molecule has 1 heteroatoms. The second-order valence-electron chi connectivity index (χ2n) is 6.99. The zero-order valence-corrected chi connectivity index (χ0v) is 14.9. The molecule has 0 aliphatic heterocycles. The van der Waals surface area contributed by atoms with Gasteiger partial charge in [0.1, 0.15) is 0 Å². The average molecular weight is 300 g/mol. The van der Waals surface area contributed by atoms with E-state index in [1.807, 2.05) is 6.08 Å². The van der Waals surface area contributed by atoms with Gasteiger partial charge in [-0.3, -0.25) is 0 Å². The number of aliphatic hydroxyl groups excluding tert-OH is 1. The Balaban J connectivity index is 2.73. The van der Waals surface area contributed by atoms with Crippen molar-refractivity contribution < 1.29 is 5.11 Å². The zero-order valence-electron chi connectivity index (χ0n) is 14.9. The molecular weight excluding hydrogens is 268 g/mol. The molecule has 0 heterocycles. The summed E-state index contributed by atoms with van der Waals surface area (Å²) in [5.74, 6) is 0. The van der Waals surface area contributed by atoms with Crippen LogP contribution in [0.4, 0.5) is 0 Å². The molecule has 1 nitrogen and oxygen atoms in total. The number of hydrogen-bond donors (Lipinski definition) is 1. The van der Waals surface area contributed by atoms with Gasteiger partial charge in [-0.15, -0.1) is 0 Å². The van der Waals surface area contributed by atoms with E-state index in [-0.39, 0.29) is 6.61 Å². The first-order valence-electron chi connectivity index (χ1n) is 8.37. The number of allylic oxidation sites excluding steroid dienone is 9. The van der Waals surface area contributed by atoms with Gasteiger partial charge in [0, 0.05) is 6.61 Å². The van der Waals surface area contributed by atoms with Crippen LogP contribution < -0.4 is 0 Å². The quantitative estimate of drug-likeness (QED) is 0.605. The molecule has 0 unspecified atom stereocenters. The van der Waals surface area contributed by atoms with E-state index < -0.39 is 0 Å². The van der Waals surface area contributed by atoms with Crippen LogP contribution in [0.1, 0.15) is 60.3 Å². The van der Waals surface area contributed by atoms with E-state index in [0.717, 1.165) is 6.42 Å². The van der Waals surface area contributed by atoms with Crippen LogP contribution >= 0.6 is 0 Å². The van der Waals surface area contributed by atoms with Gasteiger partial charge in [0.25, 0.3) is 0 Å². The molecule has 0 bridgehead atoms. The maximum absolute atomic E-state index is 8.79. The van der Waals surface area contributed by atoms with Crippen LogP contribution in [0.3, 0.4) is 0 Å². The molecule has 0 fully saturated rings. The minimum absolute atomic E-state index is 0.215. The molecule has 0 amide bonds. The van der Waals surface area contributed by atoms with E-state index in [9.17, 15) is 0 Å². The molecule has 0 spiro atoms. The summed E-state index contributed by atoms with van der Waals surface area (Å²) in [5.41, 5.74) is 5.80. The molecule has 22 heavy (non-hydrogen) atoms. The predicted octanol–water partition coefficient (Wildman–Crippen LogP) is 5.90. The summed E-state index contributed by atoms with van der Waals surface area (Å²) in [4.78, 5) is 0. The van der Waals surface area contributed by atoms with E-state index in [1.165, 1.54) is 36.0 Å². The fraction of sp³-hybridized carbons (Fsp3) is 0.524. The molecule has 1 rings (SSSR count). The van der Waals surface area contributed by atoms with Gasteiger partial charge in [0.05, 0.1) is 0 Å². The topological polar surface area (TPSA) is 20.2 Å². The Morgan fingerprint density at radius 1 is 1.18 bits per heavy atom. The summed E-state index contributed by atoms with van der Waals surface area (Å²) in [6.07, 6.45) is 17.4. The summed E-state index contributed by atoms with van der Waals surface area (Å²) in [5, 5.41) is 8.79. The second-order valence-corrected chi connectivity index (χ2v) is 6.99. The lowest BCUT2D eigenvalue weighted by molar-refractivity contribution is 0.302. The summed E-state index contributed by atoms with van der Waals surface area (Å²) >= 11 is 0. The largest absolute Gasteiger partial charge is 0.396 e. The molecule has 0 saturated carbocycles. The molecule has 122 valence electrons. The Labute approximate surface area is 136 Å². The molecule has 1 aliphatic carbocycles. The van der Waals surface area contributed by atoms with Crippen molar-refractivity contribution in [3.63, 3.8) is 0 Å². The van der Waals surface area contributed by atoms with Gasteiger partial charge in [0.15, 0.2) is 0 Å². The number of hydrogen-bond acceptors (Lipinski definition) is 1. The Morgan fingerprint density at radius 2 is 1.91 bits per heavy atom. The molecule has 0 saturated heterocycles. The first kappa shape index (κ1) is 18.7. The maximum Gasteiger partial charge on any atom is 0.0465 e. The van der Waals surface area contributed by atoms with Crippen molar-refractivity contribution in [2.75, 3.05) is 6.61 Å². The second kappa shape index (κ2) is 8.95. The van der Waals surface area contributed by atoms with Gasteiger partial charge < -0.3 is 5.11 Å². The van der Waals surface area contributed by atoms with Crippen LogP contribution in [0.2, 0.25) is 0 Å². The van der Waals surface area contributed by atoms with Crippen molar-refractivity contribution in [3.05, 3.63) is 58.7 Å². The van der Waals surface area contributed by atoms with Gasteiger partial charge in [0.2, 0.25) is 0 Å². The molecule has 0 aromatic heterocycles. The summed E-state index contributed by atoms with van der Waals surface area (Å²) in [7, 11) is 0. The SMILES string of the molecule is CC(C=CC1=C(C)CCCC1(C)C)=CC=C/C(C)=C\CCO. The van der Waals surface area contributed by atoms with Crippen molar-refractivity contribution in [2.45, 2.75) is 60.3 Å². The Hall–Kier alpha value is -1.34. The van der Waals surface area contributed by atoms with Gasteiger partial charge in [-0.1, -0.05) is 67.0 Å². The fourth-order valence-electron chi connectivity index (χ4n) is 2.99. The van der Waals surface area contributed by atoms with Crippen molar-refractivity contribution in [1.82, 2.24) is 0 Å². The number of rotatable bonds is 6. The smallest absolute Gasteiger partial charge is 0.0465 e. The molecule has 1 aliphatic rings. The molecule has 1 N–H and O–H groups in total. The minimum Gasteiger partial charge on any atom is -0.396 e. The Morgan fingerprint density at radius 3 is 2.55 bits per heavy atom. The molecular formula is C21H32O. The summed E-state index contributed by atoms with van der Waals surface area (Å²) in [6.45, 7) is 11.4. The summed E-state index contributed by atoms with van der Waals surface area (Å²) in [6, 6.07) is 0. The lowest BCUT2D eigenvalue weighted by atomic mass is 9.72. The van der Waals surface area contributed by atoms with Crippen molar-refractivity contribution in [1.29, 1.82) is 0 Å². The highest BCUT2D eigenvalue weighted by Crippen LogP contribution is 2.40. The van der Waals surface area contributed by atoms with Crippen LogP contribution in [0, 0.1) is 5.41 Å². The van der Waals surface area contributed by atoms with Crippen molar-refractivity contribution >= 4 is 0 Å². The molecule has 0 aromatic carbocycles. The third-order valence-corrected chi connectivity index (χ3v) is 4.37. The summed E-state index contributed by atoms with van der Waals surface area (Å²) < 4.78 is 0. The Bertz CT molecular complexity index is 510. The molecule has 0 atom stereocenters. The molecule has 0 radical (unpaired) electrons. The highest BCUT2D eigenvalue weighted by molar-refractivity contribution is 5.37. The van der Waals surface area contributed by atoms with Gasteiger partial charge in [-0.05, 0) is 57.4 Å². The highest BCUT2D eigenvalue weighted by Gasteiger charge is 2.26. The van der Waals surface area contributed by atoms with Crippen LogP contribution in [-0.4, -0.2) is 11.7 Å². The van der Waals surface area contributed by atoms with E-state index in [1.54, 1.807) is 5.57 Å². The Kier molecular flexibility index (Phi) is 7.61. The zero-order chi connectivity index (χ0) is 16.6. The van der Waals surface area contributed by atoms with Gasteiger partial charge in [-0.25, -0.2) is 0 Å². The lowest BCUT2D eigenvalue weighted by Crippen LogP contribution is -2.19. The standard InChI is InChI=1S/C21H32O/c1-17(11-8-16-22)9-6-10-18(2)13-14-20-19(3)12-7-15-21(20,4)5/h6,9-11,13-14,22H,7-8,12,15-16H2,1-5H3/b9-6?,14-13?,17-11-,18-10?. The third kappa shape index (κ3) is 6.19. The predicted molar refractivity (Wildman–Crippen MR) is 97.8 cm³/mol. The van der Waals surface area contributed by atoms with Crippen molar-refractivity contribution in [2.24, 2.45) is 5.41 Å². The minimum atomic E-state index is 0.215. The highest BCUT2D eigenvalue weighted by atomic mass is 16.2. The first-order valence-corrected chi connectivity index (χ1v) is 8.37. The van der Waals surface area contributed by atoms with Crippen LogP contribution in [0.15, 0.2) is 58.7 Å². The van der Waals surface area contributed by atoms with Gasteiger partial charge in [-0.2, -0.15) is 0 Å². The van der Waals surface area contributed by atoms with Gasteiger partial charge >= 0.3 is 0 Å². The average Bonchev–Trinajstić information content (AvgIpc) is 2.43. The monoisotopic (exact) mass is 300 g/mol. The van der Waals surface area contributed by atoms with E-state index >= 15 is 0 Å². The molecule has 0 aromatic rings. The van der Waals surface area contributed by atoms with E-state index in [4.69, 9.17) is 5.11 Å². The van der Waals surface area contributed by atoms with E-state index in [2.05, 4.69) is 65.0 Å². The van der Waals surface area contributed by atoms with Crippen LogP contribution in [0.5, 0.6) is 0 Å². The maximum atomic E-state index is 8.79. The van der Waals surface area contributed by atoms with E-state index in [0.29, 0.717) is 5.41 Å². The van der Waals surface area contributed by atoms with Crippen LogP contribution in [-0.2, 0) is 0 Å². The normalized spacial score (nSPS) is 20.5. The van der Waals surface area contributed by atoms with Crippen LogP contribution in [0.25, 0.3) is 0 Å². The fourth-order valence-corrected chi connectivity index (χ4v) is 2.99. The third-order valence-electron chi connectivity index (χ3n) is 4.37. The first-order chi connectivity index (χ1) is 10.4. The lowest BCUT2D eigenvalue weighted by Gasteiger charge is -2.32. The number of aliphatic hydroxyl groups is 1.